The second kappa shape index (κ2) is 9.94. The molecule has 0 N–H and O–H groups in total. The molecule has 1 aromatic carbocycles. The monoisotopic (exact) mass is 388 g/mol. The van der Waals surface area contributed by atoms with E-state index in [1.54, 1.807) is 6.07 Å². The number of ether oxygens (including phenoxy) is 1. The third-order valence-corrected chi connectivity index (χ3v) is 6.00. The summed E-state index contributed by atoms with van der Waals surface area (Å²) in [6.45, 7) is 2.26. The van der Waals surface area contributed by atoms with Crippen molar-refractivity contribution < 1.29 is 13.5 Å². The highest BCUT2D eigenvalue weighted by Crippen LogP contribution is 2.34. The lowest BCUT2D eigenvalue weighted by Gasteiger charge is -2.28. The van der Waals surface area contributed by atoms with Gasteiger partial charge in [0.15, 0.2) is 11.6 Å². The smallest absolute Gasteiger partial charge is 0.201 e. The molecule has 1 aliphatic rings. The van der Waals surface area contributed by atoms with Crippen molar-refractivity contribution in [3.8, 4) is 17.0 Å². The van der Waals surface area contributed by atoms with Crippen LogP contribution in [0.4, 0.5) is 8.78 Å². The average Bonchev–Trinajstić information content (AvgIpc) is 2.74. The Bertz CT molecular complexity index is 756. The Labute approximate surface area is 166 Å². The number of aromatic nitrogens is 2. The molecule has 1 aromatic heterocycles. The van der Waals surface area contributed by atoms with E-state index in [-0.39, 0.29) is 11.3 Å². The van der Waals surface area contributed by atoms with Gasteiger partial charge in [-0.3, -0.25) is 0 Å². The van der Waals surface area contributed by atoms with Gasteiger partial charge < -0.3 is 4.74 Å². The van der Waals surface area contributed by atoms with E-state index in [1.807, 2.05) is 6.07 Å². The topological polar surface area (TPSA) is 35.0 Å². The van der Waals surface area contributed by atoms with Gasteiger partial charge in [-0.05, 0) is 48.9 Å². The van der Waals surface area contributed by atoms with Gasteiger partial charge in [0, 0.05) is 5.56 Å². The molecular weight excluding hydrogens is 358 g/mol. The number of aryl methyl sites for hydroxylation is 1. The van der Waals surface area contributed by atoms with Crippen LogP contribution in [0.3, 0.4) is 0 Å². The quantitative estimate of drug-likeness (QED) is 0.528. The van der Waals surface area contributed by atoms with Crippen molar-refractivity contribution in [1.82, 2.24) is 10.2 Å². The van der Waals surface area contributed by atoms with Gasteiger partial charge in [0.25, 0.3) is 0 Å². The minimum atomic E-state index is -1.000. The Morgan fingerprint density at radius 2 is 1.64 bits per heavy atom. The third kappa shape index (κ3) is 5.06. The molecule has 1 aliphatic carbocycles. The molecule has 28 heavy (non-hydrogen) atoms. The molecule has 0 aliphatic heterocycles. The first-order valence-electron chi connectivity index (χ1n) is 10.5. The standard InChI is InChI=1S/C23H30F2N2O/c1-3-4-5-16-6-8-17(9-7-16)10-11-18-12-14-20(27-26-18)19-13-15-21(28-2)23(25)22(19)24/h12-17H,3-11H2,1-2H3. The van der Waals surface area contributed by atoms with Crippen molar-refractivity contribution in [2.24, 2.45) is 11.8 Å². The van der Waals surface area contributed by atoms with Crippen LogP contribution in [0.15, 0.2) is 24.3 Å². The molecule has 1 fully saturated rings. The lowest BCUT2D eigenvalue weighted by molar-refractivity contribution is 0.249. The second-order valence-corrected chi connectivity index (χ2v) is 7.92. The molecule has 3 rings (SSSR count). The molecule has 0 radical (unpaired) electrons. The molecule has 2 aromatic rings. The number of methoxy groups -OCH3 is 1. The van der Waals surface area contributed by atoms with E-state index in [1.165, 1.54) is 64.2 Å². The Kier molecular flexibility index (Phi) is 7.35. The van der Waals surface area contributed by atoms with Crippen LogP contribution < -0.4 is 4.74 Å². The fraction of sp³-hybridized carbons (Fsp3) is 0.565. The molecular formula is C23H30F2N2O. The van der Waals surface area contributed by atoms with Crippen LogP contribution in [-0.2, 0) is 6.42 Å². The van der Waals surface area contributed by atoms with Crippen LogP contribution in [0.1, 0.15) is 64.0 Å². The second-order valence-electron chi connectivity index (χ2n) is 7.92. The number of hydrogen-bond acceptors (Lipinski definition) is 3. The molecule has 1 saturated carbocycles. The fourth-order valence-corrected chi connectivity index (χ4v) is 4.18. The highest BCUT2D eigenvalue weighted by atomic mass is 19.2. The molecule has 0 atom stereocenters. The van der Waals surface area contributed by atoms with Crippen LogP contribution in [0.25, 0.3) is 11.3 Å². The summed E-state index contributed by atoms with van der Waals surface area (Å²) in [5.41, 5.74) is 1.34. The normalized spacial score (nSPS) is 19.6. The van der Waals surface area contributed by atoms with Crippen LogP contribution in [-0.4, -0.2) is 17.3 Å². The van der Waals surface area contributed by atoms with Crippen molar-refractivity contribution >= 4 is 0 Å². The Morgan fingerprint density at radius 1 is 0.929 bits per heavy atom. The molecule has 0 unspecified atom stereocenters. The summed E-state index contributed by atoms with van der Waals surface area (Å²) in [6, 6.07) is 6.46. The minimum Gasteiger partial charge on any atom is -0.494 e. The molecule has 1 heterocycles. The highest BCUT2D eigenvalue weighted by molar-refractivity contribution is 5.61. The highest BCUT2D eigenvalue weighted by Gasteiger charge is 2.21. The van der Waals surface area contributed by atoms with Gasteiger partial charge in [-0.15, -0.1) is 0 Å². The van der Waals surface area contributed by atoms with Gasteiger partial charge in [0.05, 0.1) is 18.5 Å². The predicted octanol–water partition coefficient (Wildman–Crippen LogP) is 6.36. The first kappa shape index (κ1) is 20.7. The summed E-state index contributed by atoms with van der Waals surface area (Å²) in [5, 5.41) is 8.36. The fourth-order valence-electron chi connectivity index (χ4n) is 4.18. The Balaban J connectivity index is 1.54. The predicted molar refractivity (Wildman–Crippen MR) is 107 cm³/mol. The maximum Gasteiger partial charge on any atom is 0.201 e. The number of nitrogens with zero attached hydrogens (tertiary/aromatic N) is 2. The van der Waals surface area contributed by atoms with Crippen molar-refractivity contribution in [1.29, 1.82) is 0 Å². The third-order valence-electron chi connectivity index (χ3n) is 6.00. The van der Waals surface area contributed by atoms with Crippen LogP contribution in [0.5, 0.6) is 5.75 Å². The number of benzene rings is 1. The minimum absolute atomic E-state index is 0.0998. The summed E-state index contributed by atoms with van der Waals surface area (Å²) in [7, 11) is 1.31. The van der Waals surface area contributed by atoms with Gasteiger partial charge >= 0.3 is 0 Å². The van der Waals surface area contributed by atoms with Crippen molar-refractivity contribution in [2.45, 2.75) is 64.7 Å². The lowest BCUT2D eigenvalue weighted by atomic mass is 9.78. The number of hydrogen-bond donors (Lipinski definition) is 0. The van der Waals surface area contributed by atoms with E-state index in [9.17, 15) is 8.78 Å². The van der Waals surface area contributed by atoms with Gasteiger partial charge in [0.1, 0.15) is 0 Å². The van der Waals surface area contributed by atoms with E-state index in [0.29, 0.717) is 5.69 Å². The zero-order valence-corrected chi connectivity index (χ0v) is 16.9. The molecule has 0 bridgehead atoms. The average molecular weight is 389 g/mol. The SMILES string of the molecule is CCCCC1CCC(CCc2ccc(-c3ccc(OC)c(F)c3F)nn2)CC1. The van der Waals surface area contributed by atoms with Gasteiger partial charge in [0.2, 0.25) is 5.82 Å². The van der Waals surface area contributed by atoms with Crippen molar-refractivity contribution in [3.63, 3.8) is 0 Å². The zero-order chi connectivity index (χ0) is 19.9. The summed E-state index contributed by atoms with van der Waals surface area (Å²) >= 11 is 0. The largest absolute Gasteiger partial charge is 0.494 e. The maximum atomic E-state index is 14.2. The summed E-state index contributed by atoms with van der Waals surface area (Å²) < 4.78 is 32.9. The van der Waals surface area contributed by atoms with E-state index >= 15 is 0 Å². The summed E-state index contributed by atoms with van der Waals surface area (Å²) in [5.74, 6) is -0.376. The van der Waals surface area contributed by atoms with E-state index in [2.05, 4.69) is 17.1 Å². The van der Waals surface area contributed by atoms with Crippen LogP contribution in [0, 0.1) is 23.5 Å². The summed E-state index contributed by atoms with van der Waals surface area (Å²) in [4.78, 5) is 0. The van der Waals surface area contributed by atoms with E-state index < -0.39 is 11.6 Å². The number of halogens is 2. The molecule has 3 nitrogen and oxygen atoms in total. The number of unbranched alkanes of at least 4 members (excludes halogenated alkanes) is 1. The van der Waals surface area contributed by atoms with Crippen molar-refractivity contribution in [2.75, 3.05) is 7.11 Å². The zero-order valence-electron chi connectivity index (χ0n) is 16.9. The first-order valence-corrected chi connectivity index (χ1v) is 10.5. The van der Waals surface area contributed by atoms with Gasteiger partial charge in [-0.25, -0.2) is 4.39 Å². The summed E-state index contributed by atoms with van der Waals surface area (Å²) in [6.07, 6.45) is 11.4. The molecule has 0 amide bonds. The Morgan fingerprint density at radius 3 is 2.25 bits per heavy atom. The Hall–Kier alpha value is -2.04. The van der Waals surface area contributed by atoms with Crippen molar-refractivity contribution in [3.05, 3.63) is 41.6 Å². The first-order chi connectivity index (χ1) is 13.6. The lowest BCUT2D eigenvalue weighted by Crippen LogP contribution is -2.15. The van der Waals surface area contributed by atoms with Gasteiger partial charge in [-0.1, -0.05) is 51.9 Å². The molecule has 152 valence electrons. The van der Waals surface area contributed by atoms with E-state index in [4.69, 9.17) is 4.74 Å². The molecule has 0 saturated heterocycles. The molecule has 5 heteroatoms. The number of rotatable bonds is 8. The van der Waals surface area contributed by atoms with E-state index in [0.717, 1.165) is 30.4 Å². The molecule has 0 spiro atoms. The van der Waals surface area contributed by atoms with Crippen LogP contribution >= 0.6 is 0 Å². The van der Waals surface area contributed by atoms with Crippen LogP contribution in [0.2, 0.25) is 0 Å². The maximum absolute atomic E-state index is 14.2. The van der Waals surface area contributed by atoms with Gasteiger partial charge in [-0.2, -0.15) is 14.6 Å².